The second-order valence-electron chi connectivity index (χ2n) is 6.82. The number of amides is 1. The van der Waals surface area contributed by atoms with Gasteiger partial charge in [0.05, 0.1) is 4.90 Å². The van der Waals surface area contributed by atoms with Crippen molar-refractivity contribution in [1.29, 1.82) is 0 Å². The largest absolute Gasteiger partial charge is 0.298 e. The fraction of sp³-hybridized carbons (Fsp3) is 0.200. The first-order chi connectivity index (χ1) is 13.9. The molecule has 1 aliphatic rings. The molecule has 1 fully saturated rings. The van der Waals surface area contributed by atoms with Gasteiger partial charge in [0.15, 0.2) is 5.13 Å². The molecular formula is C20H18ClN3O3S2. The molecule has 1 aliphatic carbocycles. The van der Waals surface area contributed by atoms with Gasteiger partial charge in [-0.15, -0.1) is 11.3 Å². The zero-order chi connectivity index (χ0) is 20.4. The van der Waals surface area contributed by atoms with E-state index >= 15 is 0 Å². The SMILES string of the molecule is O=C(Nc1ncc(Cc2cccc(Cl)c2)s1)c1cccc(S(=O)(=O)NC2CC2)c1. The zero-order valence-electron chi connectivity index (χ0n) is 15.3. The van der Waals surface area contributed by atoms with Crippen LogP contribution in [0.2, 0.25) is 5.02 Å². The Kier molecular flexibility index (Phi) is 5.69. The quantitative estimate of drug-likeness (QED) is 0.571. The maximum absolute atomic E-state index is 12.6. The number of carbonyl (C=O) groups excluding carboxylic acids is 1. The molecule has 2 N–H and O–H groups in total. The maximum Gasteiger partial charge on any atom is 0.257 e. The predicted molar refractivity (Wildman–Crippen MR) is 114 cm³/mol. The third-order valence-electron chi connectivity index (χ3n) is 4.35. The number of benzene rings is 2. The van der Waals surface area contributed by atoms with Gasteiger partial charge in [-0.3, -0.25) is 10.1 Å². The van der Waals surface area contributed by atoms with Crippen molar-refractivity contribution in [2.45, 2.75) is 30.2 Å². The summed E-state index contributed by atoms with van der Waals surface area (Å²) in [4.78, 5) is 17.9. The molecule has 0 unspecified atom stereocenters. The van der Waals surface area contributed by atoms with Crippen molar-refractivity contribution in [1.82, 2.24) is 9.71 Å². The van der Waals surface area contributed by atoms with Crippen LogP contribution in [0.25, 0.3) is 0 Å². The molecule has 3 aromatic rings. The monoisotopic (exact) mass is 447 g/mol. The molecule has 0 saturated heterocycles. The first-order valence-electron chi connectivity index (χ1n) is 9.02. The molecule has 0 bridgehead atoms. The molecule has 4 rings (SSSR count). The topological polar surface area (TPSA) is 88.2 Å². The summed E-state index contributed by atoms with van der Waals surface area (Å²) in [6.45, 7) is 0. The summed E-state index contributed by atoms with van der Waals surface area (Å²) in [5.74, 6) is -0.405. The van der Waals surface area contributed by atoms with Gasteiger partial charge in [-0.25, -0.2) is 18.1 Å². The van der Waals surface area contributed by atoms with Crippen LogP contribution >= 0.6 is 22.9 Å². The van der Waals surface area contributed by atoms with Crippen molar-refractivity contribution in [3.8, 4) is 0 Å². The smallest absolute Gasteiger partial charge is 0.257 e. The van der Waals surface area contributed by atoms with E-state index in [1.807, 2.05) is 24.3 Å². The van der Waals surface area contributed by atoms with Crippen LogP contribution in [0.5, 0.6) is 0 Å². The number of carbonyl (C=O) groups is 1. The van der Waals surface area contributed by atoms with Crippen LogP contribution in [0, 0.1) is 0 Å². The third-order valence-corrected chi connectivity index (χ3v) is 7.01. The highest BCUT2D eigenvalue weighted by atomic mass is 35.5. The van der Waals surface area contributed by atoms with E-state index in [-0.39, 0.29) is 16.5 Å². The lowest BCUT2D eigenvalue weighted by molar-refractivity contribution is 0.102. The average Bonchev–Trinajstić information content (AvgIpc) is 3.38. The van der Waals surface area contributed by atoms with Crippen molar-refractivity contribution in [3.05, 3.63) is 75.8 Å². The number of nitrogens with one attached hydrogen (secondary N) is 2. The fourth-order valence-electron chi connectivity index (χ4n) is 2.76. The summed E-state index contributed by atoms with van der Waals surface area (Å²) in [7, 11) is -3.61. The lowest BCUT2D eigenvalue weighted by Gasteiger charge is -2.07. The summed E-state index contributed by atoms with van der Waals surface area (Å²) < 4.78 is 27.3. The Labute approximate surface area is 178 Å². The van der Waals surface area contributed by atoms with E-state index in [1.54, 1.807) is 18.3 Å². The number of hydrogen-bond donors (Lipinski definition) is 2. The Bertz CT molecular complexity index is 1160. The van der Waals surface area contributed by atoms with Crippen LogP contribution in [0.1, 0.15) is 33.6 Å². The van der Waals surface area contributed by atoms with Crippen LogP contribution in [0.3, 0.4) is 0 Å². The van der Waals surface area contributed by atoms with Gasteiger partial charge < -0.3 is 0 Å². The van der Waals surface area contributed by atoms with E-state index in [4.69, 9.17) is 11.6 Å². The number of aromatic nitrogens is 1. The standard InChI is InChI=1S/C20H18ClN3O3S2/c21-15-5-1-3-13(9-15)10-17-12-22-20(28-17)23-19(25)14-4-2-6-18(11-14)29(26,27)24-16-7-8-16/h1-6,9,11-12,16,24H,7-8,10H2,(H,22,23,25). The number of thiazole rings is 1. The van der Waals surface area contributed by atoms with Crippen LogP contribution < -0.4 is 10.0 Å². The molecule has 0 aliphatic heterocycles. The fourth-order valence-corrected chi connectivity index (χ4v) is 5.16. The molecule has 29 heavy (non-hydrogen) atoms. The van der Waals surface area contributed by atoms with E-state index in [2.05, 4.69) is 15.0 Å². The third kappa shape index (κ3) is 5.22. The Morgan fingerprint density at radius 2 is 1.97 bits per heavy atom. The molecule has 1 saturated carbocycles. The molecule has 1 aromatic heterocycles. The number of hydrogen-bond acceptors (Lipinski definition) is 5. The number of nitrogens with zero attached hydrogens (tertiary/aromatic N) is 1. The van der Waals surface area contributed by atoms with Gasteiger partial charge in [0.2, 0.25) is 10.0 Å². The minimum Gasteiger partial charge on any atom is -0.298 e. The van der Waals surface area contributed by atoms with Crippen molar-refractivity contribution in [3.63, 3.8) is 0 Å². The van der Waals surface area contributed by atoms with Crippen molar-refractivity contribution < 1.29 is 13.2 Å². The van der Waals surface area contributed by atoms with Crippen LogP contribution in [0.4, 0.5) is 5.13 Å². The van der Waals surface area contributed by atoms with Crippen LogP contribution in [-0.2, 0) is 16.4 Å². The van der Waals surface area contributed by atoms with Gasteiger partial charge in [0, 0.05) is 34.1 Å². The van der Waals surface area contributed by atoms with E-state index < -0.39 is 15.9 Å². The Hall–Kier alpha value is -2.26. The van der Waals surface area contributed by atoms with Crippen molar-refractivity contribution in [2.75, 3.05) is 5.32 Å². The molecule has 0 atom stereocenters. The predicted octanol–water partition coefficient (Wildman–Crippen LogP) is 4.08. The summed E-state index contributed by atoms with van der Waals surface area (Å²) in [6, 6.07) is 13.6. The molecule has 9 heteroatoms. The van der Waals surface area contributed by atoms with Gasteiger partial charge >= 0.3 is 0 Å². The molecule has 0 radical (unpaired) electrons. The van der Waals surface area contributed by atoms with E-state index in [1.165, 1.54) is 23.5 Å². The van der Waals surface area contributed by atoms with Gasteiger partial charge in [-0.2, -0.15) is 0 Å². The second-order valence-corrected chi connectivity index (χ2v) is 10.1. The van der Waals surface area contributed by atoms with E-state index in [0.29, 0.717) is 16.6 Å². The molecular weight excluding hydrogens is 430 g/mol. The second kappa shape index (κ2) is 8.23. The van der Waals surface area contributed by atoms with Crippen molar-refractivity contribution in [2.24, 2.45) is 0 Å². The summed E-state index contributed by atoms with van der Waals surface area (Å²) >= 11 is 7.38. The average molecular weight is 448 g/mol. The molecule has 150 valence electrons. The molecule has 2 aromatic carbocycles. The highest BCUT2D eigenvalue weighted by molar-refractivity contribution is 7.89. The summed E-state index contributed by atoms with van der Waals surface area (Å²) in [6.07, 6.45) is 4.07. The Morgan fingerprint density at radius 3 is 2.72 bits per heavy atom. The van der Waals surface area contributed by atoms with Gasteiger partial charge in [-0.05, 0) is 48.7 Å². The first kappa shape index (κ1) is 20.0. The van der Waals surface area contributed by atoms with Gasteiger partial charge in [-0.1, -0.05) is 29.8 Å². The molecule has 6 nitrogen and oxygen atoms in total. The van der Waals surface area contributed by atoms with Gasteiger partial charge in [0.25, 0.3) is 5.91 Å². The molecule has 1 heterocycles. The maximum atomic E-state index is 12.6. The highest BCUT2D eigenvalue weighted by Gasteiger charge is 2.28. The minimum atomic E-state index is -3.61. The minimum absolute atomic E-state index is 0.00529. The van der Waals surface area contributed by atoms with E-state index in [0.717, 1.165) is 23.3 Å². The summed E-state index contributed by atoms with van der Waals surface area (Å²) in [5, 5.41) is 3.86. The number of rotatable bonds is 7. The summed E-state index contributed by atoms with van der Waals surface area (Å²) in [5.41, 5.74) is 1.32. The lowest BCUT2D eigenvalue weighted by Crippen LogP contribution is -2.26. The lowest BCUT2D eigenvalue weighted by atomic mass is 10.1. The molecule has 0 spiro atoms. The van der Waals surface area contributed by atoms with Crippen LogP contribution in [0.15, 0.2) is 59.6 Å². The number of anilines is 1. The Balaban J connectivity index is 1.44. The van der Waals surface area contributed by atoms with E-state index in [9.17, 15) is 13.2 Å². The highest BCUT2D eigenvalue weighted by Crippen LogP contribution is 2.24. The van der Waals surface area contributed by atoms with Crippen LogP contribution in [-0.4, -0.2) is 25.4 Å². The Morgan fingerprint density at radius 1 is 1.17 bits per heavy atom. The molecule has 1 amide bonds. The van der Waals surface area contributed by atoms with Gasteiger partial charge in [0.1, 0.15) is 0 Å². The number of sulfonamides is 1. The zero-order valence-corrected chi connectivity index (χ0v) is 17.7. The number of halogens is 1. The normalized spacial score (nSPS) is 14.0. The first-order valence-corrected chi connectivity index (χ1v) is 11.7. The van der Waals surface area contributed by atoms with Crippen molar-refractivity contribution >= 4 is 44.0 Å².